The zero-order valence-corrected chi connectivity index (χ0v) is 14.8. The molecule has 1 aromatic rings. The van der Waals surface area contributed by atoms with Gasteiger partial charge in [0.1, 0.15) is 11.9 Å². The van der Waals surface area contributed by atoms with Crippen LogP contribution >= 0.6 is 7.60 Å². The highest BCUT2D eigenvalue weighted by Crippen LogP contribution is 2.59. The first kappa shape index (κ1) is 18.6. The van der Waals surface area contributed by atoms with Gasteiger partial charge >= 0.3 is 7.60 Å². The lowest BCUT2D eigenvalue weighted by atomic mass is 10.1. The minimum atomic E-state index is -3.36. The topological polar surface area (TPSA) is 68.2 Å². The molecule has 0 aliphatic carbocycles. The maximum atomic E-state index is 13.2. The van der Waals surface area contributed by atoms with E-state index in [0.717, 1.165) is 5.56 Å². The third-order valence-corrected chi connectivity index (χ3v) is 6.29. The molecule has 0 radical (unpaired) electrons. The van der Waals surface area contributed by atoms with Crippen LogP contribution in [0.4, 0.5) is 0 Å². The molecule has 1 aliphatic heterocycles. The molecule has 0 saturated carbocycles. The molecule has 0 amide bonds. The molecule has 1 heterocycles. The summed E-state index contributed by atoms with van der Waals surface area (Å²) in [6, 6.07) is 9.69. The van der Waals surface area contributed by atoms with Gasteiger partial charge in [-0.25, -0.2) is 0 Å². The lowest BCUT2D eigenvalue weighted by Gasteiger charge is -2.32. The smallest absolute Gasteiger partial charge is 0.350 e. The highest BCUT2D eigenvalue weighted by Gasteiger charge is 2.49. The second-order valence-electron chi connectivity index (χ2n) is 5.45. The largest absolute Gasteiger partial charge is 0.394 e. The lowest BCUT2D eigenvalue weighted by Crippen LogP contribution is -2.32. The molecule has 23 heavy (non-hydrogen) atoms. The number of aliphatic hydroxyl groups excluding tert-OH is 1. The van der Waals surface area contributed by atoms with Crippen LogP contribution in [0, 0.1) is 0 Å². The Balaban J connectivity index is 2.29. The Morgan fingerprint density at radius 1 is 1.30 bits per heavy atom. The molecule has 0 aromatic heterocycles. The van der Waals surface area contributed by atoms with Crippen LogP contribution in [-0.4, -0.2) is 41.9 Å². The normalized spacial score (nSPS) is 24.0. The van der Waals surface area contributed by atoms with Crippen molar-refractivity contribution in [3.8, 4) is 0 Å². The Labute approximate surface area is 137 Å². The minimum Gasteiger partial charge on any atom is -0.394 e. The van der Waals surface area contributed by atoms with Crippen LogP contribution in [0.5, 0.6) is 0 Å². The Morgan fingerprint density at radius 3 is 2.43 bits per heavy atom. The zero-order chi connectivity index (χ0) is 16.9. The number of aliphatic hydroxyl groups is 1. The predicted molar refractivity (Wildman–Crippen MR) is 87.9 cm³/mol. The summed E-state index contributed by atoms with van der Waals surface area (Å²) in [5.41, 5.74) is 1.04. The van der Waals surface area contributed by atoms with E-state index in [1.165, 1.54) is 0 Å². The lowest BCUT2D eigenvalue weighted by molar-refractivity contribution is -0.186. The SMILES string of the molecule is CCOP(=O)(OCC)[C@H]1C[C@@H](CO)ON1[C@@H](C)c1ccccc1. The van der Waals surface area contributed by atoms with Crippen molar-refractivity contribution in [2.75, 3.05) is 19.8 Å². The molecule has 0 spiro atoms. The van der Waals surface area contributed by atoms with Crippen LogP contribution in [0.1, 0.15) is 38.8 Å². The van der Waals surface area contributed by atoms with Gasteiger partial charge in [-0.05, 0) is 26.3 Å². The fourth-order valence-electron chi connectivity index (χ4n) is 2.80. The first-order valence-corrected chi connectivity index (χ1v) is 9.66. The molecule has 6 nitrogen and oxygen atoms in total. The van der Waals surface area contributed by atoms with Crippen molar-refractivity contribution < 1.29 is 23.6 Å². The van der Waals surface area contributed by atoms with Crippen LogP contribution in [0.25, 0.3) is 0 Å². The quantitative estimate of drug-likeness (QED) is 0.730. The minimum absolute atomic E-state index is 0.132. The molecule has 1 aromatic carbocycles. The molecule has 7 heteroatoms. The number of benzene rings is 1. The summed E-state index contributed by atoms with van der Waals surface area (Å²) < 4.78 is 24.2. The van der Waals surface area contributed by atoms with Gasteiger partial charge < -0.3 is 14.2 Å². The van der Waals surface area contributed by atoms with Crippen molar-refractivity contribution in [2.45, 2.75) is 45.1 Å². The van der Waals surface area contributed by atoms with Gasteiger partial charge in [-0.15, -0.1) is 0 Å². The van der Waals surface area contributed by atoms with Crippen LogP contribution in [0.2, 0.25) is 0 Å². The number of nitrogens with zero attached hydrogens (tertiary/aromatic N) is 1. The highest BCUT2D eigenvalue weighted by atomic mass is 31.2. The van der Waals surface area contributed by atoms with Crippen molar-refractivity contribution in [2.24, 2.45) is 0 Å². The van der Waals surface area contributed by atoms with Crippen LogP contribution in [-0.2, 0) is 18.5 Å². The van der Waals surface area contributed by atoms with E-state index in [1.54, 1.807) is 18.9 Å². The van der Waals surface area contributed by atoms with E-state index in [0.29, 0.717) is 19.6 Å². The van der Waals surface area contributed by atoms with Crippen LogP contribution < -0.4 is 0 Å². The van der Waals surface area contributed by atoms with Crippen LogP contribution in [0.3, 0.4) is 0 Å². The van der Waals surface area contributed by atoms with E-state index in [-0.39, 0.29) is 12.6 Å². The molecule has 130 valence electrons. The maximum Gasteiger partial charge on any atom is 0.350 e. The van der Waals surface area contributed by atoms with E-state index in [1.807, 2.05) is 37.3 Å². The fourth-order valence-corrected chi connectivity index (χ4v) is 4.96. The van der Waals surface area contributed by atoms with Gasteiger partial charge in [0.05, 0.1) is 25.9 Å². The van der Waals surface area contributed by atoms with E-state index in [9.17, 15) is 9.67 Å². The third-order valence-electron chi connectivity index (χ3n) is 3.89. The second kappa shape index (κ2) is 8.38. The number of rotatable bonds is 8. The van der Waals surface area contributed by atoms with Gasteiger partial charge in [-0.3, -0.25) is 9.40 Å². The standard InChI is InChI=1S/C16H26NO5P/c1-4-20-23(19,21-5-2)16-11-15(12-18)22-17(16)13(3)14-9-7-6-8-10-14/h6-10,13,15-16,18H,4-5,11-12H2,1-3H3/t13-,15-,16-/m0/s1. The Bertz CT molecular complexity index is 516. The van der Waals surface area contributed by atoms with Gasteiger partial charge in [0.2, 0.25) is 0 Å². The number of hydroxylamine groups is 2. The van der Waals surface area contributed by atoms with Gasteiger partial charge in [0, 0.05) is 6.42 Å². The summed E-state index contributed by atoms with van der Waals surface area (Å²) in [5.74, 6) is -0.533. The summed E-state index contributed by atoms with van der Waals surface area (Å²) in [6.45, 7) is 6.01. The summed E-state index contributed by atoms with van der Waals surface area (Å²) in [7, 11) is -3.36. The molecular formula is C16H26NO5P. The molecule has 3 atom stereocenters. The van der Waals surface area contributed by atoms with E-state index in [4.69, 9.17) is 13.9 Å². The first-order chi connectivity index (χ1) is 11.1. The Hall–Kier alpha value is -0.750. The maximum absolute atomic E-state index is 13.2. The molecular weight excluding hydrogens is 317 g/mol. The predicted octanol–water partition coefficient (Wildman–Crippen LogP) is 3.34. The second-order valence-corrected chi connectivity index (χ2v) is 7.64. The van der Waals surface area contributed by atoms with Gasteiger partial charge in [-0.1, -0.05) is 30.3 Å². The van der Waals surface area contributed by atoms with Crippen molar-refractivity contribution in [1.29, 1.82) is 0 Å². The van der Waals surface area contributed by atoms with Crippen molar-refractivity contribution in [3.05, 3.63) is 35.9 Å². The Morgan fingerprint density at radius 2 is 1.91 bits per heavy atom. The fraction of sp³-hybridized carbons (Fsp3) is 0.625. The highest BCUT2D eigenvalue weighted by molar-refractivity contribution is 7.54. The summed E-state index contributed by atoms with van der Waals surface area (Å²) in [5, 5.41) is 11.1. The molecule has 0 bridgehead atoms. The monoisotopic (exact) mass is 343 g/mol. The van der Waals surface area contributed by atoms with Crippen molar-refractivity contribution in [1.82, 2.24) is 5.06 Å². The summed E-state index contributed by atoms with van der Waals surface area (Å²) in [6.07, 6.45) is 0.00528. The number of hydrogen-bond donors (Lipinski definition) is 1. The first-order valence-electron chi connectivity index (χ1n) is 8.05. The van der Waals surface area contributed by atoms with Gasteiger partial charge in [0.15, 0.2) is 0 Å². The summed E-state index contributed by atoms with van der Waals surface area (Å²) >= 11 is 0. The van der Waals surface area contributed by atoms with E-state index in [2.05, 4.69) is 0 Å². The Kier molecular flexibility index (Phi) is 6.77. The zero-order valence-electron chi connectivity index (χ0n) is 13.9. The van der Waals surface area contributed by atoms with Crippen LogP contribution in [0.15, 0.2) is 30.3 Å². The molecule has 2 rings (SSSR count). The molecule has 1 aliphatic rings. The average Bonchev–Trinajstić information content (AvgIpc) is 3.00. The molecule has 1 fully saturated rings. The molecule has 1 N–H and O–H groups in total. The van der Waals surface area contributed by atoms with Gasteiger partial charge in [-0.2, -0.15) is 5.06 Å². The van der Waals surface area contributed by atoms with Crippen molar-refractivity contribution in [3.63, 3.8) is 0 Å². The molecule has 1 saturated heterocycles. The van der Waals surface area contributed by atoms with E-state index < -0.39 is 19.5 Å². The third kappa shape index (κ3) is 4.21. The van der Waals surface area contributed by atoms with Crippen molar-refractivity contribution >= 4 is 7.60 Å². The summed E-state index contributed by atoms with van der Waals surface area (Å²) in [4.78, 5) is 5.83. The molecule has 0 unspecified atom stereocenters. The average molecular weight is 343 g/mol. The van der Waals surface area contributed by atoms with Gasteiger partial charge in [0.25, 0.3) is 0 Å². The number of hydrogen-bond acceptors (Lipinski definition) is 6. The van der Waals surface area contributed by atoms with E-state index >= 15 is 0 Å².